The molecule has 1 N–H and O–H groups in total. The predicted octanol–water partition coefficient (Wildman–Crippen LogP) is 2.14. The average molecular weight is 209 g/mol. The number of H-pyrrole nitrogens is 1. The molecular weight excluding hydrogens is 200 g/mol. The Morgan fingerprint density at radius 2 is 2.29 bits per heavy atom. The van der Waals surface area contributed by atoms with Gasteiger partial charge in [-0.3, -0.25) is 9.78 Å². The molecule has 0 unspecified atom stereocenters. The van der Waals surface area contributed by atoms with Gasteiger partial charge in [0.2, 0.25) is 0 Å². The number of pyridine rings is 2. The van der Waals surface area contributed by atoms with Crippen LogP contribution in [0.2, 0.25) is 5.02 Å². The van der Waals surface area contributed by atoms with Gasteiger partial charge in [0.1, 0.15) is 5.02 Å². The van der Waals surface area contributed by atoms with Crippen molar-refractivity contribution in [3.05, 3.63) is 39.3 Å². The van der Waals surface area contributed by atoms with Crippen molar-refractivity contribution in [2.45, 2.75) is 13.3 Å². The summed E-state index contributed by atoms with van der Waals surface area (Å²) in [5.41, 5.74) is 2.27. The first-order valence-corrected chi connectivity index (χ1v) is 4.76. The Labute approximate surface area is 85.7 Å². The quantitative estimate of drug-likeness (QED) is 0.781. The highest BCUT2D eigenvalue weighted by molar-refractivity contribution is 6.30. The van der Waals surface area contributed by atoms with Crippen LogP contribution in [0.3, 0.4) is 0 Å². The molecule has 0 fully saturated rings. The molecule has 0 spiro atoms. The maximum absolute atomic E-state index is 11.2. The molecule has 0 aromatic carbocycles. The van der Waals surface area contributed by atoms with E-state index in [1.165, 1.54) is 0 Å². The van der Waals surface area contributed by atoms with E-state index in [0.29, 0.717) is 5.52 Å². The summed E-state index contributed by atoms with van der Waals surface area (Å²) in [6, 6.07) is 3.50. The third-order valence-corrected chi connectivity index (χ3v) is 2.39. The Morgan fingerprint density at radius 1 is 1.50 bits per heavy atom. The Morgan fingerprint density at radius 3 is 3.00 bits per heavy atom. The smallest absolute Gasteiger partial charge is 0.267 e. The molecule has 4 heteroatoms. The van der Waals surface area contributed by atoms with Crippen LogP contribution in [0.5, 0.6) is 0 Å². The second-order valence-electron chi connectivity index (χ2n) is 3.08. The maximum atomic E-state index is 11.2. The van der Waals surface area contributed by atoms with Gasteiger partial charge in [-0.1, -0.05) is 18.5 Å². The minimum atomic E-state index is -0.269. The van der Waals surface area contributed by atoms with Crippen LogP contribution in [0.1, 0.15) is 12.5 Å². The number of rotatable bonds is 1. The van der Waals surface area contributed by atoms with Crippen LogP contribution in [-0.2, 0) is 6.42 Å². The zero-order valence-electron chi connectivity index (χ0n) is 7.67. The van der Waals surface area contributed by atoms with E-state index in [2.05, 4.69) is 9.97 Å². The molecule has 0 atom stereocenters. The summed E-state index contributed by atoms with van der Waals surface area (Å²) in [7, 11) is 0. The molecule has 0 saturated heterocycles. The molecule has 14 heavy (non-hydrogen) atoms. The minimum absolute atomic E-state index is 0.175. The van der Waals surface area contributed by atoms with Crippen LogP contribution in [0.25, 0.3) is 11.0 Å². The van der Waals surface area contributed by atoms with Gasteiger partial charge < -0.3 is 4.98 Å². The molecule has 0 amide bonds. The SMILES string of the molecule is CCc1cnc2cc(Cl)c(=O)[nH]c2c1. The highest BCUT2D eigenvalue weighted by atomic mass is 35.5. The van der Waals surface area contributed by atoms with Crippen LogP contribution in [0.15, 0.2) is 23.1 Å². The first-order chi connectivity index (χ1) is 6.70. The Hall–Kier alpha value is -1.35. The molecule has 2 aromatic rings. The van der Waals surface area contributed by atoms with E-state index in [-0.39, 0.29) is 10.6 Å². The van der Waals surface area contributed by atoms with Gasteiger partial charge in [0, 0.05) is 6.20 Å². The largest absolute Gasteiger partial charge is 0.319 e. The summed E-state index contributed by atoms with van der Waals surface area (Å²) in [4.78, 5) is 18.1. The Balaban J connectivity index is 2.77. The lowest BCUT2D eigenvalue weighted by molar-refractivity contribution is 1.11. The van der Waals surface area contributed by atoms with Crippen molar-refractivity contribution in [1.29, 1.82) is 0 Å². The van der Waals surface area contributed by atoms with Crippen molar-refractivity contribution in [1.82, 2.24) is 9.97 Å². The van der Waals surface area contributed by atoms with Crippen molar-refractivity contribution >= 4 is 22.6 Å². The lowest BCUT2D eigenvalue weighted by atomic mass is 10.2. The first kappa shape index (κ1) is 9.21. The molecular formula is C10H9ClN2O. The molecule has 0 aliphatic heterocycles. The second-order valence-corrected chi connectivity index (χ2v) is 3.48. The third-order valence-electron chi connectivity index (χ3n) is 2.11. The van der Waals surface area contributed by atoms with Gasteiger partial charge in [-0.25, -0.2) is 0 Å². The average Bonchev–Trinajstić information content (AvgIpc) is 2.19. The molecule has 72 valence electrons. The molecule has 2 aromatic heterocycles. The van der Waals surface area contributed by atoms with E-state index < -0.39 is 0 Å². The van der Waals surface area contributed by atoms with E-state index in [4.69, 9.17) is 11.6 Å². The summed E-state index contributed by atoms with van der Waals surface area (Å²) >= 11 is 5.68. The summed E-state index contributed by atoms with van der Waals surface area (Å²) in [6.45, 7) is 2.04. The summed E-state index contributed by atoms with van der Waals surface area (Å²) < 4.78 is 0. The van der Waals surface area contributed by atoms with Crippen LogP contribution < -0.4 is 5.56 Å². The first-order valence-electron chi connectivity index (χ1n) is 4.38. The number of nitrogens with zero attached hydrogens (tertiary/aromatic N) is 1. The van der Waals surface area contributed by atoms with Crippen LogP contribution in [0, 0.1) is 0 Å². The Bertz CT molecular complexity index is 533. The van der Waals surface area contributed by atoms with Gasteiger partial charge in [-0.2, -0.15) is 0 Å². The van der Waals surface area contributed by atoms with Gasteiger partial charge in [-0.15, -0.1) is 0 Å². The highest BCUT2D eigenvalue weighted by Gasteiger charge is 2.01. The lowest BCUT2D eigenvalue weighted by Crippen LogP contribution is -2.06. The zero-order chi connectivity index (χ0) is 10.1. The van der Waals surface area contributed by atoms with Crippen LogP contribution in [-0.4, -0.2) is 9.97 Å². The number of aryl methyl sites for hydroxylation is 1. The van der Waals surface area contributed by atoms with Crippen molar-refractivity contribution in [3.8, 4) is 0 Å². The third kappa shape index (κ3) is 1.51. The lowest BCUT2D eigenvalue weighted by Gasteiger charge is -2.00. The van der Waals surface area contributed by atoms with Gasteiger partial charge >= 0.3 is 0 Å². The van der Waals surface area contributed by atoms with Crippen LogP contribution >= 0.6 is 11.6 Å². The molecule has 3 nitrogen and oxygen atoms in total. The van der Waals surface area contributed by atoms with E-state index in [1.807, 2.05) is 13.0 Å². The molecule has 2 heterocycles. The number of aromatic nitrogens is 2. The topological polar surface area (TPSA) is 45.8 Å². The van der Waals surface area contributed by atoms with E-state index in [1.54, 1.807) is 12.3 Å². The molecule has 0 bridgehead atoms. The monoisotopic (exact) mass is 208 g/mol. The molecule has 0 aliphatic rings. The number of nitrogens with one attached hydrogen (secondary N) is 1. The summed E-state index contributed by atoms with van der Waals surface area (Å²) in [5.74, 6) is 0. The van der Waals surface area contributed by atoms with Gasteiger partial charge in [-0.05, 0) is 24.1 Å². The van der Waals surface area contributed by atoms with E-state index in [0.717, 1.165) is 17.5 Å². The molecule has 0 saturated carbocycles. The number of hydrogen-bond donors (Lipinski definition) is 1. The van der Waals surface area contributed by atoms with Crippen molar-refractivity contribution in [3.63, 3.8) is 0 Å². The van der Waals surface area contributed by atoms with Gasteiger partial charge in [0.05, 0.1) is 11.0 Å². The molecule has 0 aliphatic carbocycles. The number of aromatic amines is 1. The fourth-order valence-electron chi connectivity index (χ4n) is 1.29. The van der Waals surface area contributed by atoms with Crippen LogP contribution in [0.4, 0.5) is 0 Å². The van der Waals surface area contributed by atoms with Crippen molar-refractivity contribution < 1.29 is 0 Å². The maximum Gasteiger partial charge on any atom is 0.267 e. The zero-order valence-corrected chi connectivity index (χ0v) is 8.43. The molecule has 0 radical (unpaired) electrons. The number of hydrogen-bond acceptors (Lipinski definition) is 2. The van der Waals surface area contributed by atoms with Crippen molar-refractivity contribution in [2.75, 3.05) is 0 Å². The van der Waals surface area contributed by atoms with E-state index >= 15 is 0 Å². The fourth-order valence-corrected chi connectivity index (χ4v) is 1.45. The van der Waals surface area contributed by atoms with E-state index in [9.17, 15) is 4.79 Å². The van der Waals surface area contributed by atoms with Crippen molar-refractivity contribution in [2.24, 2.45) is 0 Å². The predicted molar refractivity (Wildman–Crippen MR) is 56.8 cm³/mol. The number of fused-ring (bicyclic) bond motifs is 1. The normalized spacial score (nSPS) is 10.7. The summed E-state index contributed by atoms with van der Waals surface area (Å²) in [6.07, 6.45) is 2.69. The van der Waals surface area contributed by atoms with Gasteiger partial charge in [0.25, 0.3) is 5.56 Å². The Kier molecular flexibility index (Phi) is 2.25. The number of halogens is 1. The highest BCUT2D eigenvalue weighted by Crippen LogP contribution is 2.12. The van der Waals surface area contributed by atoms with Gasteiger partial charge in [0.15, 0.2) is 0 Å². The standard InChI is InChI=1S/C10H9ClN2O/c1-2-6-3-9-8(12-5-6)4-7(11)10(14)13-9/h3-5H,2H2,1H3,(H,13,14). The fraction of sp³-hybridized carbons (Fsp3) is 0.200. The summed E-state index contributed by atoms with van der Waals surface area (Å²) in [5, 5.41) is 0.175. The minimum Gasteiger partial charge on any atom is -0.319 e. The second kappa shape index (κ2) is 3.42. The molecule has 2 rings (SSSR count).